The second-order valence-corrected chi connectivity index (χ2v) is 6.25. The van der Waals surface area contributed by atoms with Crippen LogP contribution in [0.3, 0.4) is 0 Å². The number of nitrogens with two attached hydrogens (primary N) is 1. The first-order valence-corrected chi connectivity index (χ1v) is 7.13. The van der Waals surface area contributed by atoms with Gasteiger partial charge in [0.25, 0.3) is 0 Å². The number of rotatable bonds is 5. The highest BCUT2D eigenvalue weighted by Crippen LogP contribution is 2.25. The van der Waals surface area contributed by atoms with Crippen LogP contribution < -0.4 is 10.5 Å². The molecule has 0 saturated heterocycles. The standard InChI is InChI=1S/C14H17ClN2OS/c1-17(9-12-4-6-14(15)19-12)8-10-7-11(16)3-5-13(10)18-2/h3-7H,8-9,16H2,1-2H3. The Morgan fingerprint density at radius 3 is 2.68 bits per heavy atom. The van der Waals surface area contributed by atoms with Crippen molar-refractivity contribution in [1.29, 1.82) is 0 Å². The van der Waals surface area contributed by atoms with Crippen molar-refractivity contribution in [3.05, 3.63) is 45.1 Å². The number of hydrogen-bond donors (Lipinski definition) is 1. The number of benzene rings is 1. The summed E-state index contributed by atoms with van der Waals surface area (Å²) in [5.41, 5.74) is 7.67. The SMILES string of the molecule is COc1ccc(N)cc1CN(C)Cc1ccc(Cl)s1. The average Bonchev–Trinajstić information content (AvgIpc) is 2.75. The van der Waals surface area contributed by atoms with Gasteiger partial charge in [0.15, 0.2) is 0 Å². The van der Waals surface area contributed by atoms with E-state index >= 15 is 0 Å². The van der Waals surface area contributed by atoms with Crippen LogP contribution in [0.2, 0.25) is 4.34 Å². The summed E-state index contributed by atoms with van der Waals surface area (Å²) in [5.74, 6) is 0.866. The third-order valence-electron chi connectivity index (χ3n) is 2.80. The van der Waals surface area contributed by atoms with Crippen molar-refractivity contribution in [1.82, 2.24) is 4.90 Å². The Balaban J connectivity index is 2.05. The van der Waals surface area contributed by atoms with Crippen LogP contribution in [0.15, 0.2) is 30.3 Å². The molecule has 2 aromatic rings. The van der Waals surface area contributed by atoms with Gasteiger partial charge in [-0.25, -0.2) is 0 Å². The lowest BCUT2D eigenvalue weighted by atomic mass is 10.1. The van der Waals surface area contributed by atoms with Crippen LogP contribution in [-0.4, -0.2) is 19.1 Å². The number of hydrogen-bond acceptors (Lipinski definition) is 4. The molecular weight excluding hydrogens is 280 g/mol. The van der Waals surface area contributed by atoms with Crippen LogP contribution in [0.1, 0.15) is 10.4 Å². The fourth-order valence-corrected chi connectivity index (χ4v) is 3.14. The molecule has 0 amide bonds. The van der Waals surface area contributed by atoms with Crippen molar-refractivity contribution >= 4 is 28.6 Å². The van der Waals surface area contributed by atoms with Crippen molar-refractivity contribution in [3.8, 4) is 5.75 Å². The lowest BCUT2D eigenvalue weighted by Gasteiger charge is -2.18. The summed E-state index contributed by atoms with van der Waals surface area (Å²) in [6.45, 7) is 1.64. The summed E-state index contributed by atoms with van der Waals surface area (Å²) in [7, 11) is 3.74. The van der Waals surface area contributed by atoms with E-state index < -0.39 is 0 Å². The third-order valence-corrected chi connectivity index (χ3v) is 4.02. The molecule has 0 aliphatic heterocycles. The van der Waals surface area contributed by atoms with Crippen LogP contribution in [0.4, 0.5) is 5.69 Å². The lowest BCUT2D eigenvalue weighted by molar-refractivity contribution is 0.313. The normalized spacial score (nSPS) is 10.9. The van der Waals surface area contributed by atoms with Crippen molar-refractivity contribution in [2.75, 3.05) is 19.9 Å². The van der Waals surface area contributed by atoms with Gasteiger partial charge in [0, 0.05) is 29.2 Å². The van der Waals surface area contributed by atoms with E-state index in [0.717, 1.165) is 34.4 Å². The molecule has 0 fully saturated rings. The smallest absolute Gasteiger partial charge is 0.123 e. The number of halogens is 1. The zero-order valence-corrected chi connectivity index (χ0v) is 12.6. The maximum Gasteiger partial charge on any atom is 0.123 e. The number of thiophene rings is 1. The van der Waals surface area contributed by atoms with Gasteiger partial charge >= 0.3 is 0 Å². The number of anilines is 1. The van der Waals surface area contributed by atoms with E-state index in [0.29, 0.717) is 0 Å². The summed E-state index contributed by atoms with van der Waals surface area (Å²) in [4.78, 5) is 3.45. The molecule has 0 spiro atoms. The first-order chi connectivity index (χ1) is 9.08. The Morgan fingerprint density at radius 1 is 1.26 bits per heavy atom. The molecule has 5 heteroatoms. The van der Waals surface area contributed by atoms with E-state index in [1.807, 2.05) is 24.3 Å². The van der Waals surface area contributed by atoms with Gasteiger partial charge in [-0.15, -0.1) is 11.3 Å². The molecule has 19 heavy (non-hydrogen) atoms. The minimum Gasteiger partial charge on any atom is -0.496 e. The molecule has 0 saturated carbocycles. The van der Waals surface area contributed by atoms with Gasteiger partial charge < -0.3 is 10.5 Å². The fourth-order valence-electron chi connectivity index (χ4n) is 1.97. The van der Waals surface area contributed by atoms with Crippen LogP contribution in [0.5, 0.6) is 5.75 Å². The third kappa shape index (κ3) is 3.86. The summed E-state index contributed by atoms with van der Waals surface area (Å²) < 4.78 is 6.18. The molecule has 0 aliphatic rings. The van der Waals surface area contributed by atoms with E-state index in [1.54, 1.807) is 18.4 Å². The summed E-state index contributed by atoms with van der Waals surface area (Å²) in [5, 5.41) is 0. The van der Waals surface area contributed by atoms with E-state index in [4.69, 9.17) is 22.1 Å². The predicted octanol–water partition coefficient (Wildman–Crippen LogP) is 3.62. The molecule has 102 valence electrons. The second kappa shape index (κ2) is 6.28. The molecule has 2 rings (SSSR count). The maximum absolute atomic E-state index is 5.94. The number of nitrogens with zero attached hydrogens (tertiary/aromatic N) is 1. The Bertz CT molecular complexity index is 556. The molecule has 1 heterocycles. The summed E-state index contributed by atoms with van der Waals surface area (Å²) >= 11 is 7.54. The zero-order chi connectivity index (χ0) is 13.8. The van der Waals surface area contributed by atoms with Crippen LogP contribution in [0, 0.1) is 0 Å². The molecule has 0 bridgehead atoms. The van der Waals surface area contributed by atoms with Gasteiger partial charge in [-0.05, 0) is 37.4 Å². The minimum absolute atomic E-state index is 0.753. The number of methoxy groups -OCH3 is 1. The topological polar surface area (TPSA) is 38.5 Å². The lowest BCUT2D eigenvalue weighted by Crippen LogP contribution is -2.17. The molecule has 3 nitrogen and oxygen atoms in total. The maximum atomic E-state index is 5.94. The molecule has 0 aliphatic carbocycles. The fraction of sp³-hybridized carbons (Fsp3) is 0.286. The molecule has 0 radical (unpaired) electrons. The van der Waals surface area contributed by atoms with Crippen molar-refractivity contribution in [3.63, 3.8) is 0 Å². The summed E-state index contributed by atoms with van der Waals surface area (Å²) in [6.07, 6.45) is 0. The highest BCUT2D eigenvalue weighted by Gasteiger charge is 2.08. The van der Waals surface area contributed by atoms with E-state index in [9.17, 15) is 0 Å². The predicted molar refractivity (Wildman–Crippen MR) is 81.9 cm³/mol. The molecular formula is C14H17ClN2OS. The molecule has 0 atom stereocenters. The largest absolute Gasteiger partial charge is 0.496 e. The monoisotopic (exact) mass is 296 g/mol. The van der Waals surface area contributed by atoms with Gasteiger partial charge in [-0.1, -0.05) is 11.6 Å². The summed E-state index contributed by atoms with van der Waals surface area (Å²) in [6, 6.07) is 9.69. The highest BCUT2D eigenvalue weighted by atomic mass is 35.5. The quantitative estimate of drug-likeness (QED) is 0.856. The molecule has 1 aromatic carbocycles. The molecule has 2 N–H and O–H groups in total. The Hall–Kier alpha value is -1.23. The Kier molecular flexibility index (Phi) is 4.69. The van der Waals surface area contributed by atoms with Gasteiger partial charge in [0.2, 0.25) is 0 Å². The van der Waals surface area contributed by atoms with Crippen LogP contribution in [0.25, 0.3) is 0 Å². The van der Waals surface area contributed by atoms with Crippen molar-refractivity contribution < 1.29 is 4.74 Å². The van der Waals surface area contributed by atoms with Gasteiger partial charge in [-0.3, -0.25) is 4.90 Å². The van der Waals surface area contributed by atoms with E-state index in [2.05, 4.69) is 18.0 Å². The van der Waals surface area contributed by atoms with Crippen LogP contribution in [-0.2, 0) is 13.1 Å². The first kappa shape index (κ1) is 14.2. The average molecular weight is 297 g/mol. The van der Waals surface area contributed by atoms with Gasteiger partial charge in [-0.2, -0.15) is 0 Å². The van der Waals surface area contributed by atoms with E-state index in [1.165, 1.54) is 4.88 Å². The van der Waals surface area contributed by atoms with Gasteiger partial charge in [0.1, 0.15) is 5.75 Å². The van der Waals surface area contributed by atoms with E-state index in [-0.39, 0.29) is 0 Å². The minimum atomic E-state index is 0.753. The number of ether oxygens (including phenoxy) is 1. The Labute approximate surface area is 122 Å². The van der Waals surface area contributed by atoms with Gasteiger partial charge in [0.05, 0.1) is 11.4 Å². The molecule has 0 unspecified atom stereocenters. The second-order valence-electron chi connectivity index (χ2n) is 4.45. The van der Waals surface area contributed by atoms with Crippen molar-refractivity contribution in [2.24, 2.45) is 0 Å². The van der Waals surface area contributed by atoms with Crippen LogP contribution >= 0.6 is 22.9 Å². The highest BCUT2D eigenvalue weighted by molar-refractivity contribution is 7.16. The zero-order valence-electron chi connectivity index (χ0n) is 11.0. The first-order valence-electron chi connectivity index (χ1n) is 5.93. The Morgan fingerprint density at radius 2 is 2.05 bits per heavy atom. The molecule has 1 aromatic heterocycles. The van der Waals surface area contributed by atoms with Crippen molar-refractivity contribution in [2.45, 2.75) is 13.1 Å². The number of nitrogen functional groups attached to an aromatic ring is 1.